The van der Waals surface area contributed by atoms with Gasteiger partial charge in [-0.15, -0.1) is 11.3 Å². The van der Waals surface area contributed by atoms with Gasteiger partial charge in [-0.1, -0.05) is 49.9 Å². The fourth-order valence-corrected chi connectivity index (χ4v) is 3.43. The number of nitrogens with two attached hydrogens (primary N) is 1. The lowest BCUT2D eigenvalue weighted by atomic mass is 9.99. The molecule has 2 rings (SSSR count). The number of anilines is 1. The van der Waals surface area contributed by atoms with E-state index >= 15 is 0 Å². The molecule has 126 valence electrons. The highest BCUT2D eigenvalue weighted by Gasteiger charge is 2.23. The lowest BCUT2D eigenvalue weighted by Crippen LogP contribution is -2.29. The molecule has 2 aromatic rings. The monoisotopic (exact) mass is 355 g/mol. The molecule has 0 fully saturated rings. The average molecular weight is 356 g/mol. The van der Waals surface area contributed by atoms with Crippen molar-refractivity contribution in [2.45, 2.75) is 39.5 Å². The minimum atomic E-state index is -0.252. The van der Waals surface area contributed by atoms with Gasteiger partial charge in [0.15, 0.2) is 0 Å². The average Bonchev–Trinajstić information content (AvgIpc) is 3.13. The van der Waals surface area contributed by atoms with Gasteiger partial charge in [0.2, 0.25) is 5.88 Å². The van der Waals surface area contributed by atoms with Crippen LogP contribution in [0.3, 0.4) is 0 Å². The van der Waals surface area contributed by atoms with Crippen LogP contribution >= 0.6 is 22.9 Å². The third-order valence-electron chi connectivity index (χ3n) is 3.85. The van der Waals surface area contributed by atoms with Gasteiger partial charge in [-0.05, 0) is 24.5 Å². The second-order valence-electron chi connectivity index (χ2n) is 5.50. The smallest absolute Gasteiger partial charge is 0.259 e. The number of carbonyl (C=O) groups excluding carboxylic acids is 1. The van der Waals surface area contributed by atoms with Crippen LogP contribution in [0.15, 0.2) is 16.7 Å². The SMILES string of the molecule is CCCCC(CC)CNC(=O)c1c(-c2ccc(Cl)s2)noc1N. The van der Waals surface area contributed by atoms with E-state index in [-0.39, 0.29) is 17.4 Å². The van der Waals surface area contributed by atoms with E-state index in [2.05, 4.69) is 24.3 Å². The molecule has 0 aliphatic carbocycles. The van der Waals surface area contributed by atoms with Crippen molar-refractivity contribution in [1.82, 2.24) is 10.5 Å². The predicted octanol–water partition coefficient (Wildman–Crippen LogP) is 4.58. The summed E-state index contributed by atoms with van der Waals surface area (Å²) >= 11 is 7.28. The highest BCUT2D eigenvalue weighted by atomic mass is 35.5. The molecule has 1 atom stereocenters. The minimum Gasteiger partial charge on any atom is -0.367 e. The zero-order valence-corrected chi connectivity index (χ0v) is 15.0. The molecular weight excluding hydrogens is 334 g/mol. The molecule has 0 saturated carbocycles. The van der Waals surface area contributed by atoms with Crippen molar-refractivity contribution < 1.29 is 9.32 Å². The zero-order chi connectivity index (χ0) is 16.8. The van der Waals surface area contributed by atoms with Crippen LogP contribution in [0.2, 0.25) is 4.34 Å². The summed E-state index contributed by atoms with van der Waals surface area (Å²) in [5, 5.41) is 6.86. The molecule has 2 aromatic heterocycles. The Hall–Kier alpha value is -1.53. The first kappa shape index (κ1) is 17.8. The van der Waals surface area contributed by atoms with E-state index in [1.54, 1.807) is 12.1 Å². The van der Waals surface area contributed by atoms with E-state index in [4.69, 9.17) is 21.9 Å². The molecule has 0 spiro atoms. The normalized spacial score (nSPS) is 12.3. The summed E-state index contributed by atoms with van der Waals surface area (Å²) in [5.74, 6) is 0.251. The number of carbonyl (C=O) groups is 1. The quantitative estimate of drug-likeness (QED) is 0.725. The summed E-state index contributed by atoms with van der Waals surface area (Å²) < 4.78 is 5.63. The number of nitrogen functional groups attached to an aromatic ring is 1. The van der Waals surface area contributed by atoms with Crippen molar-refractivity contribution in [3.63, 3.8) is 0 Å². The Balaban J connectivity index is 2.09. The molecular formula is C16H22ClN3O2S. The molecule has 23 heavy (non-hydrogen) atoms. The van der Waals surface area contributed by atoms with Crippen molar-refractivity contribution in [2.24, 2.45) is 5.92 Å². The number of amides is 1. The van der Waals surface area contributed by atoms with Gasteiger partial charge in [-0.25, -0.2) is 0 Å². The molecule has 0 aromatic carbocycles. The molecule has 0 aliphatic rings. The Bertz CT molecular complexity index is 654. The topological polar surface area (TPSA) is 81.2 Å². The van der Waals surface area contributed by atoms with Gasteiger partial charge in [-0.2, -0.15) is 0 Å². The second-order valence-corrected chi connectivity index (χ2v) is 7.22. The van der Waals surface area contributed by atoms with Crippen LogP contribution < -0.4 is 11.1 Å². The number of hydrogen-bond donors (Lipinski definition) is 2. The largest absolute Gasteiger partial charge is 0.367 e. The predicted molar refractivity (Wildman–Crippen MR) is 94.9 cm³/mol. The van der Waals surface area contributed by atoms with E-state index in [1.165, 1.54) is 17.8 Å². The highest BCUT2D eigenvalue weighted by molar-refractivity contribution is 7.19. The van der Waals surface area contributed by atoms with Gasteiger partial charge in [0.05, 0.1) is 9.21 Å². The van der Waals surface area contributed by atoms with Crippen molar-refractivity contribution in [3.05, 3.63) is 22.0 Å². The molecule has 0 saturated heterocycles. The first-order valence-corrected chi connectivity index (χ1v) is 9.05. The van der Waals surface area contributed by atoms with Crippen LogP contribution in [0.1, 0.15) is 49.9 Å². The Morgan fingerprint density at radius 3 is 2.87 bits per heavy atom. The molecule has 3 N–H and O–H groups in total. The van der Waals surface area contributed by atoms with E-state index in [0.29, 0.717) is 22.5 Å². The van der Waals surface area contributed by atoms with Crippen molar-refractivity contribution in [3.8, 4) is 10.6 Å². The molecule has 5 nitrogen and oxygen atoms in total. The fraction of sp³-hybridized carbons (Fsp3) is 0.500. The van der Waals surface area contributed by atoms with Crippen LogP contribution in [0.4, 0.5) is 5.88 Å². The fourth-order valence-electron chi connectivity index (χ4n) is 2.40. The number of nitrogens with one attached hydrogen (secondary N) is 1. The lowest BCUT2D eigenvalue weighted by molar-refractivity contribution is 0.0947. The van der Waals surface area contributed by atoms with Crippen LogP contribution in [0.25, 0.3) is 10.6 Å². The first-order valence-electron chi connectivity index (χ1n) is 7.85. The van der Waals surface area contributed by atoms with E-state index < -0.39 is 0 Å². The van der Waals surface area contributed by atoms with Gasteiger partial charge in [0, 0.05) is 6.54 Å². The zero-order valence-electron chi connectivity index (χ0n) is 13.4. The van der Waals surface area contributed by atoms with Crippen molar-refractivity contribution >= 4 is 34.7 Å². The number of unbranched alkanes of at least 4 members (excludes halogenated alkanes) is 1. The minimum absolute atomic E-state index is 0.0311. The van der Waals surface area contributed by atoms with Gasteiger partial charge >= 0.3 is 0 Å². The summed E-state index contributed by atoms with van der Waals surface area (Å²) in [7, 11) is 0. The molecule has 1 amide bonds. The second kappa shape index (κ2) is 8.36. The Morgan fingerprint density at radius 1 is 1.48 bits per heavy atom. The number of nitrogens with zero attached hydrogens (tertiary/aromatic N) is 1. The lowest BCUT2D eigenvalue weighted by Gasteiger charge is -2.15. The maximum absolute atomic E-state index is 12.5. The number of aromatic nitrogens is 1. The van der Waals surface area contributed by atoms with Crippen molar-refractivity contribution in [2.75, 3.05) is 12.3 Å². The number of hydrogen-bond acceptors (Lipinski definition) is 5. The van der Waals surface area contributed by atoms with Crippen molar-refractivity contribution in [1.29, 1.82) is 0 Å². The van der Waals surface area contributed by atoms with Gasteiger partial charge in [0.1, 0.15) is 11.3 Å². The standard InChI is InChI=1S/C16H22ClN3O2S/c1-3-5-6-10(4-2)9-19-16(21)13-14(20-22-15(13)18)11-7-8-12(17)23-11/h7-8,10H,3-6,9,18H2,1-2H3,(H,19,21). The molecule has 0 radical (unpaired) electrons. The maximum Gasteiger partial charge on any atom is 0.259 e. The number of thiophene rings is 1. The van der Waals surface area contributed by atoms with Gasteiger partial charge in [-0.3, -0.25) is 4.79 Å². The summed E-state index contributed by atoms with van der Waals surface area (Å²) in [6.45, 7) is 4.94. The van der Waals surface area contributed by atoms with Crippen LogP contribution in [0, 0.1) is 5.92 Å². The Morgan fingerprint density at radius 2 is 2.26 bits per heavy atom. The summed E-state index contributed by atoms with van der Waals surface area (Å²) in [4.78, 5) is 13.3. The molecule has 1 unspecified atom stereocenters. The summed E-state index contributed by atoms with van der Waals surface area (Å²) in [6.07, 6.45) is 4.47. The third-order valence-corrected chi connectivity index (χ3v) is 5.08. The first-order chi connectivity index (χ1) is 11.1. The van der Waals surface area contributed by atoms with E-state index in [1.807, 2.05) is 0 Å². The molecule has 7 heteroatoms. The van der Waals surface area contributed by atoms with E-state index in [0.717, 1.165) is 24.1 Å². The van der Waals surface area contributed by atoms with Gasteiger partial charge in [0.25, 0.3) is 5.91 Å². The molecule has 0 bridgehead atoms. The van der Waals surface area contributed by atoms with Crippen LogP contribution in [-0.4, -0.2) is 17.6 Å². The van der Waals surface area contributed by atoms with E-state index in [9.17, 15) is 4.79 Å². The molecule has 0 aliphatic heterocycles. The summed E-state index contributed by atoms with van der Waals surface area (Å²) in [6, 6.07) is 3.56. The molecule has 2 heterocycles. The number of halogens is 1. The maximum atomic E-state index is 12.5. The Kier molecular flexibility index (Phi) is 6.47. The van der Waals surface area contributed by atoms with Crippen LogP contribution in [-0.2, 0) is 0 Å². The summed E-state index contributed by atoms with van der Waals surface area (Å²) in [5.41, 5.74) is 6.52. The van der Waals surface area contributed by atoms with Crippen LogP contribution in [0.5, 0.6) is 0 Å². The number of rotatable bonds is 8. The van der Waals surface area contributed by atoms with Gasteiger partial charge < -0.3 is 15.6 Å². The highest BCUT2D eigenvalue weighted by Crippen LogP contribution is 2.34. The Labute approximate surface area is 145 Å². The third kappa shape index (κ3) is 4.48.